The van der Waals surface area contributed by atoms with Gasteiger partial charge in [-0.2, -0.15) is 0 Å². The van der Waals surface area contributed by atoms with Crippen LogP contribution in [0.3, 0.4) is 0 Å². The summed E-state index contributed by atoms with van der Waals surface area (Å²) in [5, 5.41) is 5.44. The molecular formula is C15H22N2O2. The van der Waals surface area contributed by atoms with Gasteiger partial charge in [0.15, 0.2) is 0 Å². The molecule has 2 N–H and O–H groups in total. The van der Waals surface area contributed by atoms with Gasteiger partial charge in [-0.3, -0.25) is 0 Å². The van der Waals surface area contributed by atoms with Crippen molar-refractivity contribution >= 4 is 12.1 Å². The molecule has 0 aliphatic heterocycles. The molecule has 19 heavy (non-hydrogen) atoms. The highest BCUT2D eigenvalue weighted by Gasteiger charge is 1.96. The Balaban J connectivity index is 2.21. The zero-order valence-corrected chi connectivity index (χ0v) is 11.6. The van der Waals surface area contributed by atoms with Gasteiger partial charge in [-0.25, -0.2) is 4.79 Å². The average molecular weight is 262 g/mol. The van der Waals surface area contributed by atoms with E-state index < -0.39 is 0 Å². The maximum Gasteiger partial charge on any atom is 0.318 e. The summed E-state index contributed by atoms with van der Waals surface area (Å²) in [6.45, 7) is 6.00. The van der Waals surface area contributed by atoms with Crippen molar-refractivity contribution in [3.05, 3.63) is 41.6 Å². The summed E-state index contributed by atoms with van der Waals surface area (Å²) in [7, 11) is 0. The molecule has 104 valence electrons. The zero-order chi connectivity index (χ0) is 13.9. The Morgan fingerprint density at radius 3 is 2.89 bits per heavy atom. The molecule has 4 heteroatoms. The molecule has 0 atom stereocenters. The van der Waals surface area contributed by atoms with Crippen LogP contribution < -0.4 is 10.6 Å². The third-order valence-corrected chi connectivity index (χ3v) is 2.62. The van der Waals surface area contributed by atoms with E-state index in [4.69, 9.17) is 4.74 Å². The van der Waals surface area contributed by atoms with Gasteiger partial charge in [0.1, 0.15) is 0 Å². The number of hydrogen-bond acceptors (Lipinski definition) is 2. The van der Waals surface area contributed by atoms with E-state index in [-0.39, 0.29) is 6.03 Å². The molecule has 0 spiro atoms. The Bertz CT molecular complexity index is 416. The standard InChI is InChI=1S/C15H22N2O2/c1-3-19-12-6-10-16-15(18)17-11-9-14-8-5-4-7-13(14)2/h4-5,7-9,11H,3,6,10,12H2,1-2H3,(H2,16,17,18)/b11-9+. The Morgan fingerprint density at radius 1 is 1.37 bits per heavy atom. The molecular weight excluding hydrogens is 240 g/mol. The molecule has 2 amide bonds. The lowest BCUT2D eigenvalue weighted by atomic mass is 10.1. The van der Waals surface area contributed by atoms with E-state index in [9.17, 15) is 4.79 Å². The number of rotatable bonds is 7. The Morgan fingerprint density at radius 2 is 2.16 bits per heavy atom. The van der Waals surface area contributed by atoms with Gasteiger partial charge in [-0.15, -0.1) is 0 Å². The van der Waals surface area contributed by atoms with Crippen molar-refractivity contribution in [1.29, 1.82) is 0 Å². The third kappa shape index (κ3) is 6.62. The van der Waals surface area contributed by atoms with Gasteiger partial charge in [0, 0.05) is 26.0 Å². The minimum absolute atomic E-state index is 0.193. The number of benzene rings is 1. The first-order chi connectivity index (χ1) is 9.24. The van der Waals surface area contributed by atoms with Crippen molar-refractivity contribution in [2.24, 2.45) is 0 Å². The average Bonchev–Trinajstić information content (AvgIpc) is 2.41. The largest absolute Gasteiger partial charge is 0.382 e. The minimum Gasteiger partial charge on any atom is -0.382 e. The normalized spacial score (nSPS) is 10.6. The quantitative estimate of drug-likeness (QED) is 0.742. The summed E-state index contributed by atoms with van der Waals surface area (Å²) in [6.07, 6.45) is 4.36. The van der Waals surface area contributed by atoms with E-state index >= 15 is 0 Å². The van der Waals surface area contributed by atoms with Gasteiger partial charge in [-0.1, -0.05) is 24.3 Å². The molecule has 0 bridgehead atoms. The summed E-state index contributed by atoms with van der Waals surface area (Å²) in [6, 6.07) is 7.81. The van der Waals surface area contributed by atoms with E-state index in [1.54, 1.807) is 6.20 Å². The second-order valence-corrected chi connectivity index (χ2v) is 4.14. The first-order valence-corrected chi connectivity index (χ1v) is 6.58. The summed E-state index contributed by atoms with van der Waals surface area (Å²) in [5.41, 5.74) is 2.27. The van der Waals surface area contributed by atoms with Gasteiger partial charge in [-0.05, 0) is 37.5 Å². The van der Waals surface area contributed by atoms with E-state index in [2.05, 4.69) is 10.6 Å². The molecule has 0 saturated heterocycles. The predicted molar refractivity (Wildman–Crippen MR) is 77.9 cm³/mol. The molecule has 0 heterocycles. The number of carbonyl (C=O) groups is 1. The molecule has 0 fully saturated rings. The highest BCUT2D eigenvalue weighted by atomic mass is 16.5. The number of nitrogens with one attached hydrogen (secondary N) is 2. The lowest BCUT2D eigenvalue weighted by Crippen LogP contribution is -2.33. The van der Waals surface area contributed by atoms with Crippen LogP contribution >= 0.6 is 0 Å². The number of ether oxygens (including phenoxy) is 1. The van der Waals surface area contributed by atoms with Crippen LogP contribution in [0.2, 0.25) is 0 Å². The lowest BCUT2D eigenvalue weighted by Gasteiger charge is -2.04. The van der Waals surface area contributed by atoms with Gasteiger partial charge >= 0.3 is 6.03 Å². The van der Waals surface area contributed by atoms with E-state index in [0.717, 1.165) is 12.0 Å². The second kappa shape index (κ2) is 9.16. The van der Waals surface area contributed by atoms with E-state index in [1.165, 1.54) is 5.56 Å². The van der Waals surface area contributed by atoms with Crippen molar-refractivity contribution < 1.29 is 9.53 Å². The highest BCUT2D eigenvalue weighted by molar-refractivity contribution is 5.75. The molecule has 0 aliphatic rings. The number of aryl methyl sites for hydroxylation is 1. The van der Waals surface area contributed by atoms with Crippen LogP contribution in [-0.2, 0) is 4.74 Å². The van der Waals surface area contributed by atoms with Crippen molar-refractivity contribution in [1.82, 2.24) is 10.6 Å². The van der Waals surface area contributed by atoms with Crippen LogP contribution in [0.15, 0.2) is 30.5 Å². The van der Waals surface area contributed by atoms with Crippen LogP contribution in [-0.4, -0.2) is 25.8 Å². The third-order valence-electron chi connectivity index (χ3n) is 2.62. The number of hydrogen-bond donors (Lipinski definition) is 2. The number of amides is 2. The van der Waals surface area contributed by atoms with Crippen molar-refractivity contribution in [3.8, 4) is 0 Å². The van der Waals surface area contributed by atoms with Crippen LogP contribution in [0.4, 0.5) is 4.79 Å². The predicted octanol–water partition coefficient (Wildman–Crippen LogP) is 2.69. The monoisotopic (exact) mass is 262 g/mol. The second-order valence-electron chi connectivity index (χ2n) is 4.14. The fourth-order valence-corrected chi connectivity index (χ4v) is 1.55. The van der Waals surface area contributed by atoms with Gasteiger partial charge in [0.2, 0.25) is 0 Å². The summed E-state index contributed by atoms with van der Waals surface area (Å²) < 4.78 is 5.18. The maximum atomic E-state index is 11.4. The number of urea groups is 1. The van der Waals surface area contributed by atoms with Crippen LogP contribution in [0.1, 0.15) is 24.5 Å². The first kappa shape index (κ1) is 15.2. The van der Waals surface area contributed by atoms with E-state index in [0.29, 0.717) is 19.8 Å². The topological polar surface area (TPSA) is 50.4 Å². The zero-order valence-electron chi connectivity index (χ0n) is 11.6. The maximum absolute atomic E-state index is 11.4. The van der Waals surface area contributed by atoms with Gasteiger partial charge < -0.3 is 15.4 Å². The molecule has 1 aromatic rings. The molecule has 0 saturated carbocycles. The highest BCUT2D eigenvalue weighted by Crippen LogP contribution is 2.07. The van der Waals surface area contributed by atoms with Crippen LogP contribution in [0, 0.1) is 6.92 Å². The molecule has 0 aliphatic carbocycles. The van der Waals surface area contributed by atoms with Gasteiger partial charge in [0.05, 0.1) is 0 Å². The SMILES string of the molecule is CCOCCCNC(=O)N/C=C/c1ccccc1C. The smallest absolute Gasteiger partial charge is 0.318 e. The first-order valence-electron chi connectivity index (χ1n) is 6.58. The molecule has 1 aromatic carbocycles. The van der Waals surface area contributed by atoms with Crippen LogP contribution in [0.25, 0.3) is 6.08 Å². The summed E-state index contributed by atoms with van der Waals surface area (Å²) in [5.74, 6) is 0. The molecule has 4 nitrogen and oxygen atoms in total. The number of carbonyl (C=O) groups excluding carboxylic acids is 1. The fourth-order valence-electron chi connectivity index (χ4n) is 1.55. The van der Waals surface area contributed by atoms with Gasteiger partial charge in [0.25, 0.3) is 0 Å². The summed E-state index contributed by atoms with van der Waals surface area (Å²) in [4.78, 5) is 11.4. The summed E-state index contributed by atoms with van der Waals surface area (Å²) >= 11 is 0. The minimum atomic E-state index is -0.193. The molecule has 1 rings (SSSR count). The lowest BCUT2D eigenvalue weighted by molar-refractivity contribution is 0.145. The molecule has 0 unspecified atom stereocenters. The molecule has 0 radical (unpaired) electrons. The van der Waals surface area contributed by atoms with E-state index in [1.807, 2.05) is 44.2 Å². The van der Waals surface area contributed by atoms with Crippen molar-refractivity contribution in [3.63, 3.8) is 0 Å². The molecule has 0 aromatic heterocycles. The Hall–Kier alpha value is -1.81. The Labute approximate surface area is 114 Å². The van der Waals surface area contributed by atoms with Crippen molar-refractivity contribution in [2.45, 2.75) is 20.3 Å². The van der Waals surface area contributed by atoms with Crippen molar-refractivity contribution in [2.75, 3.05) is 19.8 Å². The van der Waals surface area contributed by atoms with Crippen LogP contribution in [0.5, 0.6) is 0 Å². The Kier molecular flexibility index (Phi) is 7.35. The fraction of sp³-hybridized carbons (Fsp3) is 0.400.